The Balaban J connectivity index is 3.48. The lowest BCUT2D eigenvalue weighted by atomic mass is 10.1. The van der Waals surface area contributed by atoms with E-state index >= 15 is 0 Å². The van der Waals surface area contributed by atoms with Gasteiger partial charge in [0.2, 0.25) is 0 Å². The molecule has 0 spiro atoms. The van der Waals surface area contributed by atoms with Gasteiger partial charge in [-0.2, -0.15) is 0 Å². The second kappa shape index (κ2) is 6.34. The average molecular weight is 262 g/mol. The Morgan fingerprint density at radius 2 is 1.95 bits per heavy atom. The van der Waals surface area contributed by atoms with Crippen LogP contribution in [0, 0.1) is 10.1 Å². The molecule has 0 heterocycles. The number of carboxylic acids is 1. The van der Waals surface area contributed by atoms with E-state index < -0.39 is 10.9 Å². The molecule has 0 saturated carbocycles. The maximum atomic E-state index is 11.2. The van der Waals surface area contributed by atoms with E-state index in [9.17, 15) is 14.9 Å². The first-order valence-corrected chi connectivity index (χ1v) is 5.50. The molecule has 100 valence electrons. The molecular formula is C13H14N2O4. The molecule has 1 rings (SSSR count). The molecule has 0 amide bonds. The molecule has 19 heavy (non-hydrogen) atoms. The van der Waals surface area contributed by atoms with Crippen molar-refractivity contribution in [1.82, 2.24) is 0 Å². The van der Waals surface area contributed by atoms with Crippen LogP contribution in [0.1, 0.15) is 10.4 Å². The molecule has 0 aromatic heterocycles. The summed E-state index contributed by atoms with van der Waals surface area (Å²) in [6, 6.07) is 3.97. The van der Waals surface area contributed by atoms with Crippen LogP contribution in [0.25, 0.3) is 0 Å². The highest BCUT2D eigenvalue weighted by atomic mass is 16.6. The Morgan fingerprint density at radius 1 is 1.37 bits per heavy atom. The fraction of sp³-hybridized carbons (Fsp3) is 0.154. The molecule has 0 atom stereocenters. The quantitative estimate of drug-likeness (QED) is 0.463. The van der Waals surface area contributed by atoms with E-state index in [-0.39, 0.29) is 30.0 Å². The van der Waals surface area contributed by atoms with Crippen molar-refractivity contribution in [2.75, 3.05) is 18.0 Å². The third-order valence-corrected chi connectivity index (χ3v) is 2.46. The maximum absolute atomic E-state index is 11.2. The summed E-state index contributed by atoms with van der Waals surface area (Å²) in [4.78, 5) is 23.2. The van der Waals surface area contributed by atoms with Crippen molar-refractivity contribution < 1.29 is 14.8 Å². The number of aromatic carboxylic acids is 1. The zero-order valence-corrected chi connectivity index (χ0v) is 10.3. The monoisotopic (exact) mass is 262 g/mol. The minimum atomic E-state index is -1.21. The molecule has 0 radical (unpaired) electrons. The number of anilines is 1. The van der Waals surface area contributed by atoms with E-state index in [2.05, 4.69) is 13.2 Å². The van der Waals surface area contributed by atoms with Crippen LogP contribution in [0.3, 0.4) is 0 Å². The van der Waals surface area contributed by atoms with Gasteiger partial charge in [-0.15, -0.1) is 13.2 Å². The average Bonchev–Trinajstić information content (AvgIpc) is 2.37. The molecule has 0 bridgehead atoms. The van der Waals surface area contributed by atoms with Gasteiger partial charge in [0.1, 0.15) is 5.69 Å². The Labute approximate surface area is 110 Å². The van der Waals surface area contributed by atoms with Crippen LogP contribution in [0.5, 0.6) is 0 Å². The number of carbonyl (C=O) groups is 1. The fourth-order valence-corrected chi connectivity index (χ4v) is 1.75. The minimum absolute atomic E-state index is 0.0693. The van der Waals surface area contributed by atoms with Crippen molar-refractivity contribution in [3.05, 3.63) is 59.2 Å². The normalized spacial score (nSPS) is 9.68. The Morgan fingerprint density at radius 3 is 2.37 bits per heavy atom. The van der Waals surface area contributed by atoms with E-state index in [1.807, 2.05) is 0 Å². The second-order valence-corrected chi connectivity index (χ2v) is 3.72. The summed E-state index contributed by atoms with van der Waals surface area (Å²) in [7, 11) is 0. The second-order valence-electron chi connectivity index (χ2n) is 3.72. The molecule has 6 nitrogen and oxygen atoms in total. The van der Waals surface area contributed by atoms with Crippen LogP contribution in [-0.4, -0.2) is 29.1 Å². The van der Waals surface area contributed by atoms with Crippen LogP contribution >= 0.6 is 0 Å². The lowest BCUT2D eigenvalue weighted by Gasteiger charge is -2.22. The Hall–Kier alpha value is -2.63. The molecule has 0 saturated heterocycles. The molecule has 0 unspecified atom stereocenters. The number of carboxylic acid groups (broad SMARTS) is 1. The third kappa shape index (κ3) is 3.19. The SMILES string of the molecule is C=CCN(CC=C)c1c(C(=O)O)cccc1[N+](=O)[O-]. The van der Waals surface area contributed by atoms with Gasteiger partial charge in [-0.05, 0) is 6.07 Å². The fourth-order valence-electron chi connectivity index (χ4n) is 1.75. The first-order chi connectivity index (χ1) is 9.02. The van der Waals surface area contributed by atoms with Crippen LogP contribution in [-0.2, 0) is 0 Å². The zero-order valence-electron chi connectivity index (χ0n) is 10.3. The molecule has 1 aromatic carbocycles. The molecule has 0 aliphatic carbocycles. The first-order valence-electron chi connectivity index (χ1n) is 5.50. The van der Waals surface area contributed by atoms with Crippen LogP contribution in [0.4, 0.5) is 11.4 Å². The van der Waals surface area contributed by atoms with Gasteiger partial charge in [-0.25, -0.2) is 4.79 Å². The number of benzene rings is 1. The number of nitrogens with zero attached hydrogens (tertiary/aromatic N) is 2. The van der Waals surface area contributed by atoms with Gasteiger partial charge in [0, 0.05) is 19.2 Å². The van der Waals surface area contributed by atoms with Crippen molar-refractivity contribution in [1.29, 1.82) is 0 Å². The number of hydrogen-bond acceptors (Lipinski definition) is 4. The van der Waals surface area contributed by atoms with Crippen molar-refractivity contribution in [3.8, 4) is 0 Å². The highest BCUT2D eigenvalue weighted by molar-refractivity contribution is 5.97. The molecule has 1 aromatic rings. The Bertz CT molecular complexity index is 483. The van der Waals surface area contributed by atoms with E-state index in [0.29, 0.717) is 0 Å². The van der Waals surface area contributed by atoms with Crippen molar-refractivity contribution >= 4 is 17.3 Å². The van der Waals surface area contributed by atoms with Crippen LogP contribution in [0.15, 0.2) is 43.5 Å². The van der Waals surface area contributed by atoms with E-state index in [1.165, 1.54) is 18.2 Å². The van der Waals surface area contributed by atoms with Crippen LogP contribution < -0.4 is 4.90 Å². The van der Waals surface area contributed by atoms with Gasteiger partial charge >= 0.3 is 5.97 Å². The largest absolute Gasteiger partial charge is 0.478 e. The minimum Gasteiger partial charge on any atom is -0.478 e. The summed E-state index contributed by atoms with van der Waals surface area (Å²) < 4.78 is 0. The van der Waals surface area contributed by atoms with E-state index in [0.717, 1.165) is 0 Å². The topological polar surface area (TPSA) is 83.7 Å². The number of rotatable bonds is 7. The van der Waals surface area contributed by atoms with Gasteiger partial charge in [0.15, 0.2) is 0 Å². The third-order valence-electron chi connectivity index (χ3n) is 2.46. The standard InChI is InChI=1S/C13H14N2O4/c1-3-8-14(9-4-2)12-10(13(16)17)6-5-7-11(12)15(18)19/h3-7H,1-2,8-9H2,(H,16,17). The Kier molecular flexibility index (Phi) is 4.82. The summed E-state index contributed by atoms with van der Waals surface area (Å²) in [5, 5.41) is 20.2. The first kappa shape index (κ1) is 14.4. The highest BCUT2D eigenvalue weighted by Gasteiger charge is 2.25. The van der Waals surface area contributed by atoms with Gasteiger partial charge < -0.3 is 10.0 Å². The molecule has 1 N–H and O–H groups in total. The predicted octanol–water partition coefficient (Wildman–Crippen LogP) is 2.47. The molecule has 0 aliphatic heterocycles. The summed E-state index contributed by atoms with van der Waals surface area (Å²) in [6.07, 6.45) is 3.09. The highest BCUT2D eigenvalue weighted by Crippen LogP contribution is 2.32. The van der Waals surface area contributed by atoms with Gasteiger partial charge in [0.25, 0.3) is 5.69 Å². The van der Waals surface area contributed by atoms with Crippen molar-refractivity contribution in [2.45, 2.75) is 0 Å². The maximum Gasteiger partial charge on any atom is 0.338 e. The lowest BCUT2D eigenvalue weighted by molar-refractivity contribution is -0.384. The van der Waals surface area contributed by atoms with Gasteiger partial charge in [-0.1, -0.05) is 18.2 Å². The van der Waals surface area contributed by atoms with Crippen molar-refractivity contribution in [3.63, 3.8) is 0 Å². The predicted molar refractivity (Wildman–Crippen MR) is 72.7 cm³/mol. The summed E-state index contributed by atoms with van der Waals surface area (Å²) >= 11 is 0. The summed E-state index contributed by atoms with van der Waals surface area (Å²) in [5.74, 6) is -1.21. The smallest absolute Gasteiger partial charge is 0.338 e. The van der Waals surface area contributed by atoms with E-state index in [4.69, 9.17) is 5.11 Å². The summed E-state index contributed by atoms with van der Waals surface area (Å²) in [6.45, 7) is 7.71. The molecule has 6 heteroatoms. The number of hydrogen-bond donors (Lipinski definition) is 1. The number of nitro groups is 1. The number of para-hydroxylation sites is 1. The molecular weight excluding hydrogens is 248 g/mol. The zero-order chi connectivity index (χ0) is 14.4. The van der Waals surface area contributed by atoms with Crippen molar-refractivity contribution in [2.24, 2.45) is 0 Å². The van der Waals surface area contributed by atoms with Crippen LogP contribution in [0.2, 0.25) is 0 Å². The molecule has 0 aliphatic rings. The van der Waals surface area contributed by atoms with Gasteiger partial charge in [-0.3, -0.25) is 10.1 Å². The summed E-state index contributed by atoms with van der Waals surface area (Å²) in [5.41, 5.74) is -0.290. The molecule has 0 fully saturated rings. The lowest BCUT2D eigenvalue weighted by Crippen LogP contribution is -2.26. The van der Waals surface area contributed by atoms with Gasteiger partial charge in [0.05, 0.1) is 10.5 Å². The van der Waals surface area contributed by atoms with E-state index in [1.54, 1.807) is 17.1 Å². The number of nitro benzene ring substituents is 1.